The highest BCUT2D eigenvalue weighted by Gasteiger charge is 2.38. The minimum Gasteiger partial charge on any atom is -0.337 e. The van der Waals surface area contributed by atoms with Gasteiger partial charge in [0.05, 0.1) is 0 Å². The number of amides is 1. The quantitative estimate of drug-likeness (QED) is 0.911. The summed E-state index contributed by atoms with van der Waals surface area (Å²) in [5.41, 5.74) is 7.68. The first-order valence-corrected chi connectivity index (χ1v) is 8.94. The van der Waals surface area contributed by atoms with Crippen LogP contribution in [0, 0.1) is 0 Å². The minimum atomic E-state index is -0.0823. The molecule has 1 amide bonds. The van der Waals surface area contributed by atoms with Gasteiger partial charge in [-0.25, -0.2) is 0 Å². The molecule has 0 aliphatic heterocycles. The Morgan fingerprint density at radius 3 is 2.68 bits per heavy atom. The molecule has 2 aromatic rings. The van der Waals surface area contributed by atoms with E-state index in [4.69, 9.17) is 17.3 Å². The number of aromatic nitrogens is 2. The van der Waals surface area contributed by atoms with Crippen molar-refractivity contribution in [2.24, 2.45) is 5.73 Å². The number of carbonyl (C=O) groups is 1. The summed E-state index contributed by atoms with van der Waals surface area (Å²) in [5.74, 6) is -0.0823. The molecule has 1 aromatic carbocycles. The van der Waals surface area contributed by atoms with E-state index in [1.165, 1.54) is 5.56 Å². The topological polar surface area (TPSA) is 72.1 Å². The smallest absolute Gasteiger partial charge is 0.274 e. The van der Waals surface area contributed by atoms with Gasteiger partial charge in [-0.15, -0.1) is 5.10 Å². The molecule has 1 aromatic heterocycles. The van der Waals surface area contributed by atoms with Gasteiger partial charge < -0.3 is 10.6 Å². The summed E-state index contributed by atoms with van der Waals surface area (Å²) in [4.78, 5) is 14.4. The van der Waals surface area contributed by atoms with Gasteiger partial charge in [-0.1, -0.05) is 23.7 Å². The zero-order valence-electron chi connectivity index (χ0n) is 14.4. The van der Waals surface area contributed by atoms with Crippen LogP contribution in [0.3, 0.4) is 0 Å². The summed E-state index contributed by atoms with van der Waals surface area (Å²) in [6.45, 7) is 0.585. The fourth-order valence-corrected chi connectivity index (χ4v) is 3.92. The molecule has 0 unspecified atom stereocenters. The SMILES string of the molecule is CN(C(=O)c1cccnn1)[C@H]1CC[C@](CN)(c2cccc(Cl)c2)CC1. The van der Waals surface area contributed by atoms with Crippen molar-refractivity contribution in [2.75, 3.05) is 13.6 Å². The van der Waals surface area contributed by atoms with Crippen LogP contribution in [0.25, 0.3) is 0 Å². The molecule has 1 saturated carbocycles. The van der Waals surface area contributed by atoms with E-state index < -0.39 is 0 Å². The first-order chi connectivity index (χ1) is 12.1. The third-order valence-corrected chi connectivity index (χ3v) is 5.63. The molecule has 6 heteroatoms. The number of rotatable bonds is 4. The van der Waals surface area contributed by atoms with Crippen LogP contribution in [0.5, 0.6) is 0 Å². The Balaban J connectivity index is 1.71. The van der Waals surface area contributed by atoms with Crippen LogP contribution in [0.1, 0.15) is 41.7 Å². The number of halogens is 1. The zero-order chi connectivity index (χ0) is 17.9. The summed E-state index contributed by atoms with van der Waals surface area (Å²) >= 11 is 6.16. The molecule has 0 radical (unpaired) electrons. The highest BCUT2D eigenvalue weighted by molar-refractivity contribution is 6.30. The third-order valence-electron chi connectivity index (χ3n) is 5.40. The number of benzene rings is 1. The molecule has 0 saturated heterocycles. The van der Waals surface area contributed by atoms with Crippen LogP contribution >= 0.6 is 11.6 Å². The Kier molecular flexibility index (Phi) is 5.35. The molecule has 132 valence electrons. The van der Waals surface area contributed by atoms with E-state index in [2.05, 4.69) is 16.3 Å². The maximum Gasteiger partial charge on any atom is 0.274 e. The van der Waals surface area contributed by atoms with Gasteiger partial charge in [0.15, 0.2) is 5.69 Å². The minimum absolute atomic E-state index is 0.0577. The molecule has 1 heterocycles. The zero-order valence-corrected chi connectivity index (χ0v) is 15.1. The number of hydrogen-bond acceptors (Lipinski definition) is 4. The van der Waals surface area contributed by atoms with Crippen molar-refractivity contribution < 1.29 is 4.79 Å². The van der Waals surface area contributed by atoms with Crippen LogP contribution in [0.2, 0.25) is 5.02 Å². The van der Waals surface area contributed by atoms with Crippen LogP contribution < -0.4 is 5.73 Å². The van der Waals surface area contributed by atoms with Gasteiger partial charge in [0.1, 0.15) is 0 Å². The molecule has 3 rings (SSSR count). The predicted molar refractivity (Wildman–Crippen MR) is 98.6 cm³/mol. The first kappa shape index (κ1) is 17.8. The predicted octanol–water partition coefficient (Wildman–Crippen LogP) is 3.04. The van der Waals surface area contributed by atoms with Crippen LogP contribution in [0.4, 0.5) is 0 Å². The first-order valence-electron chi connectivity index (χ1n) is 8.57. The standard InChI is InChI=1S/C19H23ClN4O/c1-24(18(25)17-6-3-11-22-23-17)16-7-9-19(13-21,10-8-16)14-4-2-5-15(20)12-14/h2-6,11-12,16H,7-10,13,21H2,1H3/t16-,19-. The van der Waals surface area contributed by atoms with Crippen molar-refractivity contribution in [3.8, 4) is 0 Å². The molecule has 1 aliphatic carbocycles. The van der Waals surface area contributed by atoms with E-state index in [1.807, 2.05) is 25.2 Å². The van der Waals surface area contributed by atoms with Crippen molar-refractivity contribution in [1.82, 2.24) is 15.1 Å². The van der Waals surface area contributed by atoms with Gasteiger partial charge in [0.2, 0.25) is 0 Å². The summed E-state index contributed by atoms with van der Waals surface area (Å²) in [6, 6.07) is 11.6. The number of hydrogen-bond donors (Lipinski definition) is 1. The van der Waals surface area contributed by atoms with Crippen LogP contribution in [0.15, 0.2) is 42.6 Å². The lowest BCUT2D eigenvalue weighted by molar-refractivity contribution is 0.0655. The number of carbonyl (C=O) groups excluding carboxylic acids is 1. The van der Waals surface area contributed by atoms with Gasteiger partial charge in [0, 0.05) is 36.3 Å². The fourth-order valence-electron chi connectivity index (χ4n) is 3.73. The van der Waals surface area contributed by atoms with E-state index in [0.29, 0.717) is 12.2 Å². The van der Waals surface area contributed by atoms with Crippen LogP contribution in [-0.2, 0) is 5.41 Å². The highest BCUT2D eigenvalue weighted by atomic mass is 35.5. The van der Waals surface area contributed by atoms with Gasteiger partial charge in [0.25, 0.3) is 5.91 Å². The van der Waals surface area contributed by atoms with Crippen LogP contribution in [-0.4, -0.2) is 40.6 Å². The van der Waals surface area contributed by atoms with Crippen molar-refractivity contribution in [2.45, 2.75) is 37.1 Å². The molecule has 0 bridgehead atoms. The second-order valence-electron chi connectivity index (χ2n) is 6.75. The average molecular weight is 359 g/mol. The summed E-state index contributed by atoms with van der Waals surface area (Å²) < 4.78 is 0. The van der Waals surface area contributed by atoms with Gasteiger partial charge >= 0.3 is 0 Å². The van der Waals surface area contributed by atoms with Gasteiger partial charge in [-0.3, -0.25) is 4.79 Å². The molecule has 0 atom stereocenters. The maximum atomic E-state index is 12.6. The molecule has 2 N–H and O–H groups in total. The van der Waals surface area contributed by atoms with Crippen molar-refractivity contribution in [3.05, 3.63) is 58.9 Å². The van der Waals surface area contributed by atoms with E-state index in [-0.39, 0.29) is 17.4 Å². The lowest BCUT2D eigenvalue weighted by Gasteiger charge is -2.42. The Hall–Kier alpha value is -1.98. The highest BCUT2D eigenvalue weighted by Crippen LogP contribution is 2.40. The summed E-state index contributed by atoms with van der Waals surface area (Å²) in [5, 5.41) is 8.45. The molecule has 0 spiro atoms. The Morgan fingerprint density at radius 1 is 1.32 bits per heavy atom. The molecule has 25 heavy (non-hydrogen) atoms. The molecule has 5 nitrogen and oxygen atoms in total. The fraction of sp³-hybridized carbons (Fsp3) is 0.421. The summed E-state index contributed by atoms with van der Waals surface area (Å²) in [7, 11) is 1.84. The number of nitrogens with zero attached hydrogens (tertiary/aromatic N) is 3. The maximum absolute atomic E-state index is 12.6. The van der Waals surface area contributed by atoms with Gasteiger partial charge in [-0.2, -0.15) is 5.10 Å². The molecule has 1 fully saturated rings. The summed E-state index contributed by atoms with van der Waals surface area (Å²) in [6.07, 6.45) is 5.26. The third kappa shape index (κ3) is 3.67. The Labute approximate surface area is 153 Å². The number of nitrogens with two attached hydrogens (primary N) is 1. The average Bonchev–Trinajstić information content (AvgIpc) is 2.67. The van der Waals surface area contributed by atoms with E-state index in [1.54, 1.807) is 23.2 Å². The molecule has 1 aliphatic rings. The lowest BCUT2D eigenvalue weighted by atomic mass is 9.68. The van der Waals surface area contributed by atoms with Gasteiger partial charge in [-0.05, 0) is 55.5 Å². The lowest BCUT2D eigenvalue weighted by Crippen LogP contribution is -2.46. The molecular weight excluding hydrogens is 336 g/mol. The molecular formula is C19H23ClN4O. The van der Waals surface area contributed by atoms with E-state index >= 15 is 0 Å². The second kappa shape index (κ2) is 7.50. The normalized spacial score (nSPS) is 23.2. The van der Waals surface area contributed by atoms with Crippen molar-refractivity contribution in [1.29, 1.82) is 0 Å². The van der Waals surface area contributed by atoms with Crippen molar-refractivity contribution in [3.63, 3.8) is 0 Å². The second-order valence-corrected chi connectivity index (χ2v) is 7.19. The Bertz CT molecular complexity index is 729. The van der Waals surface area contributed by atoms with E-state index in [9.17, 15) is 4.79 Å². The van der Waals surface area contributed by atoms with Crippen molar-refractivity contribution >= 4 is 17.5 Å². The monoisotopic (exact) mass is 358 g/mol. The Morgan fingerprint density at radius 2 is 2.08 bits per heavy atom. The largest absolute Gasteiger partial charge is 0.337 e. The van der Waals surface area contributed by atoms with E-state index in [0.717, 1.165) is 30.7 Å².